The number of aromatic amines is 1. The number of halogens is 3. The van der Waals surface area contributed by atoms with Crippen molar-refractivity contribution < 1.29 is 13.5 Å². The fourth-order valence-electron chi connectivity index (χ4n) is 1.96. The highest BCUT2D eigenvalue weighted by Gasteiger charge is 2.11. The third-order valence-corrected chi connectivity index (χ3v) is 3.57. The first-order valence-corrected chi connectivity index (χ1v) is 6.56. The van der Waals surface area contributed by atoms with Crippen LogP contribution in [0.3, 0.4) is 0 Å². The molecule has 0 aliphatic rings. The molecule has 1 aromatic heterocycles. The van der Waals surface area contributed by atoms with Gasteiger partial charge in [-0.3, -0.25) is 0 Å². The molecule has 0 unspecified atom stereocenters. The lowest BCUT2D eigenvalue weighted by molar-refractivity contribution is 0.412. The van der Waals surface area contributed by atoms with E-state index in [1.807, 2.05) is 12.1 Å². The van der Waals surface area contributed by atoms with Crippen LogP contribution in [0.1, 0.15) is 0 Å². The molecule has 0 amide bonds. The van der Waals surface area contributed by atoms with Crippen molar-refractivity contribution in [3.05, 3.63) is 46.4 Å². The highest BCUT2D eigenvalue weighted by atomic mass is 79.9. The van der Waals surface area contributed by atoms with Gasteiger partial charge in [0.2, 0.25) is 0 Å². The van der Waals surface area contributed by atoms with Crippen molar-refractivity contribution in [1.82, 2.24) is 9.97 Å². The lowest BCUT2D eigenvalue weighted by Crippen LogP contribution is -1.86. The number of hydrogen-bond donors (Lipinski definition) is 1. The largest absolute Gasteiger partial charge is 0.496 e. The van der Waals surface area contributed by atoms with Crippen LogP contribution in [0.2, 0.25) is 0 Å². The molecule has 0 saturated heterocycles. The molecule has 0 bridgehead atoms. The number of nitrogens with zero attached hydrogens (tertiary/aromatic N) is 1. The zero-order chi connectivity index (χ0) is 14.3. The SMILES string of the molecule is COc1ccc(-c2nc3cc(F)c(F)cc3[nH]2)cc1Br. The maximum Gasteiger partial charge on any atom is 0.161 e. The van der Waals surface area contributed by atoms with Gasteiger partial charge in [-0.25, -0.2) is 13.8 Å². The van der Waals surface area contributed by atoms with Crippen LogP contribution in [-0.4, -0.2) is 17.1 Å². The summed E-state index contributed by atoms with van der Waals surface area (Å²) in [7, 11) is 1.58. The molecule has 1 heterocycles. The first kappa shape index (κ1) is 13.1. The van der Waals surface area contributed by atoms with Gasteiger partial charge in [0.05, 0.1) is 22.6 Å². The number of nitrogens with one attached hydrogen (secondary N) is 1. The van der Waals surface area contributed by atoms with Crippen LogP contribution in [0.4, 0.5) is 8.78 Å². The minimum atomic E-state index is -0.911. The quantitative estimate of drug-likeness (QED) is 0.757. The molecule has 0 aliphatic carbocycles. The molecular formula is C14H9BrF2N2O. The van der Waals surface area contributed by atoms with Crippen molar-refractivity contribution in [3.63, 3.8) is 0 Å². The number of fused-ring (bicyclic) bond motifs is 1. The van der Waals surface area contributed by atoms with Gasteiger partial charge < -0.3 is 9.72 Å². The van der Waals surface area contributed by atoms with Crippen molar-refractivity contribution in [1.29, 1.82) is 0 Å². The Labute approximate surface area is 121 Å². The molecule has 1 N–H and O–H groups in total. The predicted octanol–water partition coefficient (Wildman–Crippen LogP) is 4.28. The number of rotatable bonds is 2. The average molecular weight is 339 g/mol. The maximum absolute atomic E-state index is 13.2. The number of H-pyrrole nitrogens is 1. The van der Waals surface area contributed by atoms with Crippen LogP contribution in [0, 0.1) is 11.6 Å². The highest BCUT2D eigenvalue weighted by Crippen LogP contribution is 2.30. The molecule has 3 nitrogen and oxygen atoms in total. The van der Waals surface area contributed by atoms with Crippen molar-refractivity contribution in [2.24, 2.45) is 0 Å². The fourth-order valence-corrected chi connectivity index (χ4v) is 2.50. The van der Waals surface area contributed by atoms with Crippen LogP contribution in [0.5, 0.6) is 5.75 Å². The van der Waals surface area contributed by atoms with E-state index in [4.69, 9.17) is 4.74 Å². The second-order valence-electron chi connectivity index (χ2n) is 4.22. The minimum Gasteiger partial charge on any atom is -0.496 e. The fraction of sp³-hybridized carbons (Fsp3) is 0.0714. The Hall–Kier alpha value is -1.95. The van der Waals surface area contributed by atoms with Gasteiger partial charge in [0.25, 0.3) is 0 Å². The van der Waals surface area contributed by atoms with Gasteiger partial charge in [0, 0.05) is 17.7 Å². The zero-order valence-corrected chi connectivity index (χ0v) is 12.0. The van der Waals surface area contributed by atoms with Gasteiger partial charge in [-0.05, 0) is 34.1 Å². The van der Waals surface area contributed by atoms with Crippen LogP contribution < -0.4 is 4.74 Å². The predicted molar refractivity (Wildman–Crippen MR) is 75.7 cm³/mol. The summed E-state index contributed by atoms with van der Waals surface area (Å²) in [6.45, 7) is 0. The van der Waals surface area contributed by atoms with E-state index in [9.17, 15) is 8.78 Å². The second-order valence-corrected chi connectivity index (χ2v) is 5.07. The van der Waals surface area contributed by atoms with E-state index in [0.717, 1.165) is 22.2 Å². The molecule has 0 fully saturated rings. The Morgan fingerprint density at radius 1 is 1.15 bits per heavy atom. The molecule has 0 spiro atoms. The van der Waals surface area contributed by atoms with Gasteiger partial charge in [-0.15, -0.1) is 0 Å². The third-order valence-electron chi connectivity index (χ3n) is 2.95. The van der Waals surface area contributed by atoms with E-state index in [2.05, 4.69) is 25.9 Å². The van der Waals surface area contributed by atoms with Crippen molar-refractivity contribution >= 4 is 27.0 Å². The topological polar surface area (TPSA) is 37.9 Å². The van der Waals surface area contributed by atoms with E-state index in [1.54, 1.807) is 13.2 Å². The van der Waals surface area contributed by atoms with Crippen LogP contribution in [-0.2, 0) is 0 Å². The Morgan fingerprint density at radius 3 is 2.60 bits per heavy atom. The molecule has 0 radical (unpaired) electrons. The molecule has 6 heteroatoms. The van der Waals surface area contributed by atoms with E-state index >= 15 is 0 Å². The summed E-state index contributed by atoms with van der Waals surface area (Å²) in [5.41, 5.74) is 1.62. The Morgan fingerprint density at radius 2 is 1.90 bits per heavy atom. The summed E-state index contributed by atoms with van der Waals surface area (Å²) in [5.74, 6) is -0.578. The highest BCUT2D eigenvalue weighted by molar-refractivity contribution is 9.10. The van der Waals surface area contributed by atoms with Crippen LogP contribution in [0.25, 0.3) is 22.4 Å². The number of benzene rings is 2. The Kier molecular flexibility index (Phi) is 3.17. The van der Waals surface area contributed by atoms with E-state index in [0.29, 0.717) is 22.6 Å². The Balaban J connectivity index is 2.12. The molecule has 102 valence electrons. The molecule has 0 saturated carbocycles. The van der Waals surface area contributed by atoms with Crippen LogP contribution in [0.15, 0.2) is 34.8 Å². The number of hydrogen-bond acceptors (Lipinski definition) is 2. The van der Waals surface area contributed by atoms with Crippen molar-refractivity contribution in [3.8, 4) is 17.1 Å². The molecule has 0 atom stereocenters. The first-order valence-electron chi connectivity index (χ1n) is 5.77. The smallest absolute Gasteiger partial charge is 0.161 e. The average Bonchev–Trinajstić information content (AvgIpc) is 2.82. The third kappa shape index (κ3) is 2.16. The number of imidazole rings is 1. The normalized spacial score (nSPS) is 11.0. The summed E-state index contributed by atoms with van der Waals surface area (Å²) < 4.78 is 32.3. The number of methoxy groups -OCH3 is 1. The van der Waals surface area contributed by atoms with Gasteiger partial charge >= 0.3 is 0 Å². The molecule has 3 aromatic rings. The minimum absolute atomic E-state index is 0.380. The molecule has 0 aliphatic heterocycles. The van der Waals surface area contributed by atoms with E-state index in [-0.39, 0.29) is 0 Å². The molecule has 20 heavy (non-hydrogen) atoms. The van der Waals surface area contributed by atoms with Gasteiger partial charge in [0.1, 0.15) is 11.6 Å². The first-order chi connectivity index (χ1) is 9.58. The van der Waals surface area contributed by atoms with Crippen LogP contribution >= 0.6 is 15.9 Å². The standard InChI is InChI=1S/C14H9BrF2N2O/c1-20-13-3-2-7(4-8(13)15)14-18-11-5-9(16)10(17)6-12(11)19-14/h2-6H,1H3,(H,18,19). The van der Waals surface area contributed by atoms with E-state index < -0.39 is 11.6 Å². The molecule has 2 aromatic carbocycles. The summed E-state index contributed by atoms with van der Waals surface area (Å²) in [6.07, 6.45) is 0. The lowest BCUT2D eigenvalue weighted by atomic mass is 10.2. The van der Waals surface area contributed by atoms with Crippen molar-refractivity contribution in [2.75, 3.05) is 7.11 Å². The summed E-state index contributed by atoms with van der Waals surface area (Å²) in [6, 6.07) is 7.59. The Bertz CT molecular complexity index is 762. The monoisotopic (exact) mass is 338 g/mol. The summed E-state index contributed by atoms with van der Waals surface area (Å²) in [4.78, 5) is 7.22. The zero-order valence-electron chi connectivity index (χ0n) is 10.4. The summed E-state index contributed by atoms with van der Waals surface area (Å²) >= 11 is 3.38. The number of aromatic nitrogens is 2. The molecular weight excluding hydrogens is 330 g/mol. The lowest BCUT2D eigenvalue weighted by Gasteiger charge is -2.04. The second kappa shape index (κ2) is 4.86. The molecule has 3 rings (SSSR count). The summed E-state index contributed by atoms with van der Waals surface area (Å²) in [5, 5.41) is 0. The van der Waals surface area contributed by atoms with E-state index in [1.165, 1.54) is 0 Å². The number of ether oxygens (including phenoxy) is 1. The van der Waals surface area contributed by atoms with Gasteiger partial charge in [0.15, 0.2) is 11.6 Å². The van der Waals surface area contributed by atoms with Gasteiger partial charge in [-0.2, -0.15) is 0 Å². The van der Waals surface area contributed by atoms with Gasteiger partial charge in [-0.1, -0.05) is 0 Å². The maximum atomic E-state index is 13.2. The van der Waals surface area contributed by atoms with Crippen molar-refractivity contribution in [2.45, 2.75) is 0 Å².